The molecule has 2 aromatic carbocycles. The van der Waals surface area contributed by atoms with Crippen LogP contribution in [0.25, 0.3) is 6.08 Å². The number of nitro groups is 1. The number of non-ortho nitro benzene ring substituents is 1. The summed E-state index contributed by atoms with van der Waals surface area (Å²) in [5.74, 6) is -1.85. The second-order valence-electron chi connectivity index (χ2n) is 5.67. The van der Waals surface area contributed by atoms with Crippen molar-refractivity contribution in [2.24, 2.45) is 0 Å². The fourth-order valence-electron chi connectivity index (χ4n) is 2.59. The quantitative estimate of drug-likeness (QED) is 0.356. The summed E-state index contributed by atoms with van der Waals surface area (Å²) in [6, 6.07) is 8.06. The lowest BCUT2D eigenvalue weighted by atomic mass is 10.1. The Balaban J connectivity index is 2.03. The van der Waals surface area contributed by atoms with E-state index in [2.05, 4.69) is 0 Å². The number of nitrogens with zero attached hydrogens (tertiary/aromatic N) is 2. The summed E-state index contributed by atoms with van der Waals surface area (Å²) < 4.78 is 4.98. The summed E-state index contributed by atoms with van der Waals surface area (Å²) >= 11 is 0. The van der Waals surface area contributed by atoms with E-state index in [0.717, 1.165) is 6.07 Å². The van der Waals surface area contributed by atoms with E-state index >= 15 is 0 Å². The second kappa shape index (κ2) is 7.19. The van der Waals surface area contributed by atoms with Crippen molar-refractivity contribution < 1.29 is 29.2 Å². The summed E-state index contributed by atoms with van der Waals surface area (Å²) in [7, 11) is 1.34. The Bertz CT molecular complexity index is 1050. The number of carbonyl (C=O) groups is 3. The molecule has 1 fully saturated rings. The summed E-state index contributed by atoms with van der Waals surface area (Å²) in [6.45, 7) is 0. The minimum Gasteiger partial charge on any atom is -0.504 e. The number of hydrogen-bond acceptors (Lipinski definition) is 7. The maximum Gasteiger partial charge on any atom is 0.335 e. The van der Waals surface area contributed by atoms with Crippen LogP contribution in [-0.2, 0) is 9.59 Å². The summed E-state index contributed by atoms with van der Waals surface area (Å²) in [6.07, 6.45) is 1.22. The number of aromatic hydroxyl groups is 1. The first-order chi connectivity index (χ1) is 13.3. The summed E-state index contributed by atoms with van der Waals surface area (Å²) in [5, 5.41) is 22.6. The fraction of sp³-hybridized carbons (Fsp3) is 0.0556. The molecule has 10 heteroatoms. The Morgan fingerprint density at radius 1 is 1.18 bits per heavy atom. The van der Waals surface area contributed by atoms with Crippen LogP contribution in [0.15, 0.2) is 48.0 Å². The minimum absolute atomic E-state index is 0.0570. The van der Waals surface area contributed by atoms with Crippen molar-refractivity contribution in [1.29, 1.82) is 0 Å². The van der Waals surface area contributed by atoms with Crippen LogP contribution in [0.2, 0.25) is 0 Å². The number of rotatable bonds is 4. The molecule has 0 saturated carbocycles. The lowest BCUT2D eigenvalue weighted by Gasteiger charge is -2.26. The zero-order valence-electron chi connectivity index (χ0n) is 14.4. The normalized spacial score (nSPS) is 15.5. The summed E-state index contributed by atoms with van der Waals surface area (Å²) in [5.41, 5.74) is -0.373. The van der Waals surface area contributed by atoms with Gasteiger partial charge in [-0.1, -0.05) is 12.1 Å². The molecule has 4 amide bonds. The number of hydrogen-bond donors (Lipinski definition) is 2. The number of benzene rings is 2. The van der Waals surface area contributed by atoms with Crippen LogP contribution in [0.4, 0.5) is 16.2 Å². The Hall–Kier alpha value is -4.21. The molecule has 0 atom stereocenters. The number of nitro benzene ring substituents is 1. The number of imide groups is 2. The molecule has 10 nitrogen and oxygen atoms in total. The molecule has 0 spiro atoms. The molecule has 0 aromatic heterocycles. The number of urea groups is 1. The molecule has 2 aromatic rings. The molecule has 28 heavy (non-hydrogen) atoms. The van der Waals surface area contributed by atoms with Gasteiger partial charge in [0.15, 0.2) is 11.5 Å². The number of carbonyl (C=O) groups excluding carboxylic acids is 3. The molecule has 3 rings (SSSR count). The summed E-state index contributed by atoms with van der Waals surface area (Å²) in [4.78, 5) is 48.0. The molecule has 2 N–H and O–H groups in total. The van der Waals surface area contributed by atoms with Gasteiger partial charge in [0.2, 0.25) is 0 Å². The van der Waals surface area contributed by atoms with Gasteiger partial charge in [-0.3, -0.25) is 25.0 Å². The van der Waals surface area contributed by atoms with Gasteiger partial charge in [-0.25, -0.2) is 9.69 Å². The maximum absolute atomic E-state index is 12.8. The third kappa shape index (κ3) is 3.38. The number of ether oxygens (including phenoxy) is 1. The highest BCUT2D eigenvalue weighted by molar-refractivity contribution is 6.39. The van der Waals surface area contributed by atoms with E-state index in [1.54, 1.807) is 0 Å². The highest BCUT2D eigenvalue weighted by Gasteiger charge is 2.37. The average Bonchev–Trinajstić information content (AvgIpc) is 2.66. The van der Waals surface area contributed by atoms with Crippen LogP contribution in [0, 0.1) is 10.1 Å². The minimum atomic E-state index is -1.02. The first kappa shape index (κ1) is 18.6. The van der Waals surface area contributed by atoms with Gasteiger partial charge in [-0.2, -0.15) is 0 Å². The highest BCUT2D eigenvalue weighted by atomic mass is 16.6. The number of phenolic OH excluding ortho intramolecular Hbond substituents is 1. The largest absolute Gasteiger partial charge is 0.504 e. The van der Waals surface area contributed by atoms with Crippen molar-refractivity contribution in [3.05, 3.63) is 63.7 Å². The topological polar surface area (TPSA) is 139 Å². The second-order valence-corrected chi connectivity index (χ2v) is 5.67. The average molecular weight is 383 g/mol. The Kier molecular flexibility index (Phi) is 4.77. The fourth-order valence-corrected chi connectivity index (χ4v) is 2.59. The third-order valence-corrected chi connectivity index (χ3v) is 3.92. The van der Waals surface area contributed by atoms with Crippen molar-refractivity contribution in [2.45, 2.75) is 0 Å². The van der Waals surface area contributed by atoms with E-state index in [0.29, 0.717) is 10.5 Å². The molecule has 142 valence electrons. The molecular weight excluding hydrogens is 370 g/mol. The van der Waals surface area contributed by atoms with Gasteiger partial charge in [0.25, 0.3) is 17.5 Å². The van der Waals surface area contributed by atoms with Gasteiger partial charge in [0.05, 0.1) is 17.7 Å². The van der Waals surface area contributed by atoms with E-state index < -0.39 is 22.8 Å². The van der Waals surface area contributed by atoms with Gasteiger partial charge < -0.3 is 9.84 Å². The van der Waals surface area contributed by atoms with E-state index in [1.807, 2.05) is 5.32 Å². The number of nitrogens with one attached hydrogen (secondary N) is 1. The van der Waals surface area contributed by atoms with Crippen LogP contribution < -0.4 is 15.0 Å². The van der Waals surface area contributed by atoms with E-state index in [1.165, 1.54) is 49.6 Å². The van der Waals surface area contributed by atoms with Gasteiger partial charge in [0, 0.05) is 12.1 Å². The Labute approximate surface area is 157 Å². The number of methoxy groups -OCH3 is 1. The number of barbiturate groups is 1. The molecule has 0 radical (unpaired) electrons. The van der Waals surface area contributed by atoms with Crippen LogP contribution in [0.3, 0.4) is 0 Å². The molecule has 0 aliphatic carbocycles. The molecule has 1 aliphatic heterocycles. The van der Waals surface area contributed by atoms with Crippen LogP contribution >= 0.6 is 0 Å². The molecule has 1 saturated heterocycles. The van der Waals surface area contributed by atoms with Crippen molar-refractivity contribution >= 4 is 35.3 Å². The SMILES string of the molecule is COc1cc(/C=C2\C(=O)NC(=O)N(c3cccc([N+](=O)[O-])c3)C2=O)ccc1O. The molecule has 0 bridgehead atoms. The van der Waals surface area contributed by atoms with Crippen LogP contribution in [-0.4, -0.2) is 35.0 Å². The predicted molar refractivity (Wildman–Crippen MR) is 96.8 cm³/mol. The maximum atomic E-state index is 12.8. The van der Waals surface area contributed by atoms with Gasteiger partial charge in [-0.15, -0.1) is 0 Å². The first-order valence-electron chi connectivity index (χ1n) is 7.84. The van der Waals surface area contributed by atoms with Gasteiger partial charge >= 0.3 is 6.03 Å². The van der Waals surface area contributed by atoms with E-state index in [9.17, 15) is 29.6 Å². The Morgan fingerprint density at radius 2 is 1.93 bits per heavy atom. The zero-order chi connectivity index (χ0) is 20.4. The molecule has 0 unspecified atom stereocenters. The number of phenols is 1. The monoisotopic (exact) mass is 383 g/mol. The van der Waals surface area contributed by atoms with Crippen LogP contribution in [0.5, 0.6) is 11.5 Å². The first-order valence-corrected chi connectivity index (χ1v) is 7.84. The van der Waals surface area contributed by atoms with Crippen LogP contribution in [0.1, 0.15) is 5.56 Å². The predicted octanol–water partition coefficient (Wildman–Crippen LogP) is 1.98. The van der Waals surface area contributed by atoms with E-state index in [4.69, 9.17) is 4.74 Å². The lowest BCUT2D eigenvalue weighted by molar-refractivity contribution is -0.384. The van der Waals surface area contributed by atoms with Crippen molar-refractivity contribution in [1.82, 2.24) is 5.32 Å². The third-order valence-electron chi connectivity index (χ3n) is 3.92. The van der Waals surface area contributed by atoms with Crippen molar-refractivity contribution in [2.75, 3.05) is 12.0 Å². The highest BCUT2D eigenvalue weighted by Crippen LogP contribution is 2.29. The standard InChI is InChI=1S/C18H13N3O7/c1-28-15-8-10(5-6-14(15)22)7-13-16(23)19-18(25)20(17(13)24)11-3-2-4-12(9-11)21(26)27/h2-9,22H,1H3,(H,19,23,25)/b13-7+. The zero-order valence-corrected chi connectivity index (χ0v) is 14.4. The lowest BCUT2D eigenvalue weighted by Crippen LogP contribution is -2.54. The Morgan fingerprint density at radius 3 is 2.61 bits per heavy atom. The van der Waals surface area contributed by atoms with Crippen molar-refractivity contribution in [3.63, 3.8) is 0 Å². The molecular formula is C18H13N3O7. The van der Waals surface area contributed by atoms with E-state index in [-0.39, 0.29) is 28.4 Å². The van der Waals surface area contributed by atoms with Gasteiger partial charge in [0.1, 0.15) is 5.57 Å². The number of anilines is 1. The number of amides is 4. The van der Waals surface area contributed by atoms with Crippen molar-refractivity contribution in [3.8, 4) is 11.5 Å². The van der Waals surface area contributed by atoms with Gasteiger partial charge in [-0.05, 0) is 29.8 Å². The smallest absolute Gasteiger partial charge is 0.335 e. The molecule has 1 heterocycles. The molecule has 1 aliphatic rings.